The van der Waals surface area contributed by atoms with E-state index in [1.165, 1.54) is 0 Å². The highest BCUT2D eigenvalue weighted by atomic mass is 16.5. The molecule has 0 radical (unpaired) electrons. The molecule has 2 aliphatic rings. The van der Waals surface area contributed by atoms with Crippen LogP contribution in [0.3, 0.4) is 0 Å². The van der Waals surface area contributed by atoms with Crippen molar-refractivity contribution in [2.24, 2.45) is 11.8 Å². The lowest BCUT2D eigenvalue weighted by Crippen LogP contribution is -2.37. The first kappa shape index (κ1) is 14.1. The van der Waals surface area contributed by atoms with Crippen LogP contribution in [0.15, 0.2) is 10.6 Å². The molecule has 0 bridgehead atoms. The number of carboxylic acids is 1. The summed E-state index contributed by atoms with van der Waals surface area (Å²) in [6.45, 7) is 0.390. The molecule has 1 aromatic rings. The molecule has 2 fully saturated rings. The van der Waals surface area contributed by atoms with Crippen molar-refractivity contribution in [1.82, 2.24) is 10.5 Å². The van der Waals surface area contributed by atoms with Crippen LogP contribution >= 0.6 is 0 Å². The van der Waals surface area contributed by atoms with Crippen LogP contribution in [0.25, 0.3) is 0 Å². The van der Waals surface area contributed by atoms with E-state index in [4.69, 9.17) is 4.52 Å². The average Bonchev–Trinajstić information content (AvgIpc) is 3.22. The van der Waals surface area contributed by atoms with Crippen molar-refractivity contribution in [2.45, 2.75) is 44.4 Å². The Morgan fingerprint density at radius 2 is 2.05 bits per heavy atom. The zero-order chi connectivity index (χ0) is 14.8. The molecule has 0 aromatic carbocycles. The molecule has 0 saturated heterocycles. The molecule has 3 rings (SSSR count). The maximum absolute atomic E-state index is 12.0. The quantitative estimate of drug-likeness (QED) is 0.867. The van der Waals surface area contributed by atoms with Crippen molar-refractivity contribution in [2.75, 3.05) is 6.54 Å². The standard InChI is InChI=1S/C15H20N2O4/c18-14(12-7-13(21-17-12)9-5-6-9)16-8-10-3-1-2-4-11(10)15(19)20/h7,9-11H,1-6,8H2,(H,16,18)(H,19,20). The number of nitrogens with one attached hydrogen (secondary N) is 1. The monoisotopic (exact) mass is 292 g/mol. The smallest absolute Gasteiger partial charge is 0.306 e. The number of aliphatic carboxylic acids is 1. The molecular weight excluding hydrogens is 272 g/mol. The first-order valence-corrected chi connectivity index (χ1v) is 7.62. The van der Waals surface area contributed by atoms with Crippen LogP contribution in [0.5, 0.6) is 0 Å². The Kier molecular flexibility index (Phi) is 3.94. The van der Waals surface area contributed by atoms with E-state index in [9.17, 15) is 14.7 Å². The van der Waals surface area contributed by atoms with Crippen LogP contribution in [-0.2, 0) is 4.79 Å². The first-order chi connectivity index (χ1) is 10.1. The van der Waals surface area contributed by atoms with Gasteiger partial charge in [0, 0.05) is 18.5 Å². The summed E-state index contributed by atoms with van der Waals surface area (Å²) in [4.78, 5) is 23.3. The zero-order valence-electron chi connectivity index (χ0n) is 11.9. The summed E-state index contributed by atoms with van der Waals surface area (Å²) in [7, 11) is 0. The summed E-state index contributed by atoms with van der Waals surface area (Å²) >= 11 is 0. The Balaban J connectivity index is 1.55. The molecular formula is C15H20N2O4. The molecule has 1 heterocycles. The number of carbonyl (C=O) groups excluding carboxylic acids is 1. The first-order valence-electron chi connectivity index (χ1n) is 7.62. The number of nitrogens with zero attached hydrogens (tertiary/aromatic N) is 1. The Morgan fingerprint density at radius 1 is 1.29 bits per heavy atom. The number of rotatable bonds is 5. The van der Waals surface area contributed by atoms with Crippen LogP contribution < -0.4 is 5.32 Å². The maximum atomic E-state index is 12.0. The summed E-state index contributed by atoms with van der Waals surface area (Å²) in [5.41, 5.74) is 0.291. The van der Waals surface area contributed by atoms with Crippen molar-refractivity contribution < 1.29 is 19.2 Å². The Bertz CT molecular complexity index is 536. The molecule has 21 heavy (non-hydrogen) atoms. The van der Waals surface area contributed by atoms with E-state index in [0.29, 0.717) is 24.6 Å². The molecule has 0 spiro atoms. The fourth-order valence-electron chi connectivity index (χ4n) is 3.05. The lowest BCUT2D eigenvalue weighted by Gasteiger charge is -2.28. The molecule has 2 saturated carbocycles. The minimum Gasteiger partial charge on any atom is -0.481 e. The number of aromatic nitrogens is 1. The molecule has 1 aromatic heterocycles. The van der Waals surface area contributed by atoms with Crippen LogP contribution in [0, 0.1) is 11.8 Å². The fraction of sp³-hybridized carbons (Fsp3) is 0.667. The number of hydrogen-bond donors (Lipinski definition) is 2. The molecule has 6 nitrogen and oxygen atoms in total. The average molecular weight is 292 g/mol. The van der Waals surface area contributed by atoms with Gasteiger partial charge in [-0.15, -0.1) is 0 Å². The predicted molar refractivity (Wildman–Crippen MR) is 73.9 cm³/mol. The van der Waals surface area contributed by atoms with Gasteiger partial charge in [0.1, 0.15) is 5.76 Å². The third-order valence-electron chi connectivity index (χ3n) is 4.49. The van der Waals surface area contributed by atoms with Crippen molar-refractivity contribution in [1.29, 1.82) is 0 Å². The second kappa shape index (κ2) is 5.87. The van der Waals surface area contributed by atoms with Gasteiger partial charge < -0.3 is 14.9 Å². The van der Waals surface area contributed by atoms with E-state index in [0.717, 1.165) is 37.9 Å². The van der Waals surface area contributed by atoms with Crippen molar-refractivity contribution in [3.05, 3.63) is 17.5 Å². The van der Waals surface area contributed by atoms with E-state index in [-0.39, 0.29) is 17.7 Å². The highest BCUT2D eigenvalue weighted by Gasteiger charge is 2.32. The van der Waals surface area contributed by atoms with Gasteiger partial charge in [0.15, 0.2) is 5.69 Å². The number of hydrogen-bond acceptors (Lipinski definition) is 4. The molecule has 1 amide bonds. The number of amides is 1. The summed E-state index contributed by atoms with van der Waals surface area (Å²) in [6.07, 6.45) is 5.72. The maximum Gasteiger partial charge on any atom is 0.306 e. The summed E-state index contributed by atoms with van der Waals surface area (Å²) in [5.74, 6) is -0.171. The summed E-state index contributed by atoms with van der Waals surface area (Å²) in [5, 5.41) is 15.8. The minimum absolute atomic E-state index is 0.00926. The molecule has 114 valence electrons. The summed E-state index contributed by atoms with van der Waals surface area (Å²) < 4.78 is 5.16. The van der Waals surface area contributed by atoms with Crippen molar-refractivity contribution >= 4 is 11.9 Å². The second-order valence-electron chi connectivity index (χ2n) is 6.09. The Labute approximate surface area is 122 Å². The predicted octanol–water partition coefficient (Wildman–Crippen LogP) is 2.17. The molecule has 2 atom stereocenters. The third-order valence-corrected chi connectivity index (χ3v) is 4.49. The largest absolute Gasteiger partial charge is 0.481 e. The van der Waals surface area contributed by atoms with Crippen molar-refractivity contribution in [3.63, 3.8) is 0 Å². The van der Waals surface area contributed by atoms with Gasteiger partial charge in [-0.25, -0.2) is 0 Å². The number of carboxylic acid groups (broad SMARTS) is 1. The molecule has 2 aliphatic carbocycles. The van der Waals surface area contributed by atoms with Crippen LogP contribution in [-0.4, -0.2) is 28.7 Å². The lowest BCUT2D eigenvalue weighted by atomic mass is 9.79. The topological polar surface area (TPSA) is 92.4 Å². The SMILES string of the molecule is O=C(NCC1CCCCC1C(=O)O)c1cc(C2CC2)on1. The number of carbonyl (C=O) groups is 2. The van der Waals surface area contributed by atoms with Gasteiger partial charge in [0.25, 0.3) is 5.91 Å². The van der Waals surface area contributed by atoms with Gasteiger partial charge in [-0.2, -0.15) is 0 Å². The van der Waals surface area contributed by atoms with Crippen LogP contribution in [0.2, 0.25) is 0 Å². The third kappa shape index (κ3) is 3.25. The lowest BCUT2D eigenvalue weighted by molar-refractivity contribution is -0.144. The van der Waals surface area contributed by atoms with Gasteiger partial charge in [-0.05, 0) is 31.6 Å². The van der Waals surface area contributed by atoms with Crippen LogP contribution in [0.1, 0.15) is 60.7 Å². The van der Waals surface area contributed by atoms with Gasteiger partial charge in [0.05, 0.1) is 5.92 Å². The van der Waals surface area contributed by atoms with Crippen molar-refractivity contribution in [3.8, 4) is 0 Å². The molecule has 6 heteroatoms. The van der Waals surface area contributed by atoms with E-state index in [1.807, 2.05) is 0 Å². The summed E-state index contributed by atoms with van der Waals surface area (Å²) in [6, 6.07) is 1.70. The zero-order valence-corrected chi connectivity index (χ0v) is 11.9. The van der Waals surface area contributed by atoms with E-state index in [1.54, 1.807) is 6.07 Å². The highest BCUT2D eigenvalue weighted by molar-refractivity contribution is 5.92. The molecule has 2 unspecified atom stereocenters. The molecule has 0 aliphatic heterocycles. The molecule has 2 N–H and O–H groups in total. The van der Waals surface area contributed by atoms with Gasteiger partial charge in [0.2, 0.25) is 0 Å². The van der Waals surface area contributed by atoms with Gasteiger partial charge in [-0.1, -0.05) is 18.0 Å². The van der Waals surface area contributed by atoms with E-state index >= 15 is 0 Å². The van der Waals surface area contributed by atoms with Crippen LogP contribution in [0.4, 0.5) is 0 Å². The van der Waals surface area contributed by atoms with E-state index < -0.39 is 5.97 Å². The minimum atomic E-state index is -0.758. The van der Waals surface area contributed by atoms with Gasteiger partial charge in [-0.3, -0.25) is 9.59 Å². The normalized spacial score (nSPS) is 25.5. The van der Waals surface area contributed by atoms with Gasteiger partial charge >= 0.3 is 5.97 Å². The highest BCUT2D eigenvalue weighted by Crippen LogP contribution is 2.40. The second-order valence-corrected chi connectivity index (χ2v) is 6.09. The Hall–Kier alpha value is -1.85. The fourth-order valence-corrected chi connectivity index (χ4v) is 3.05. The Morgan fingerprint density at radius 3 is 2.76 bits per heavy atom. The van der Waals surface area contributed by atoms with E-state index in [2.05, 4.69) is 10.5 Å².